The van der Waals surface area contributed by atoms with Crippen molar-refractivity contribution in [1.82, 2.24) is 9.97 Å². The maximum absolute atomic E-state index is 12.2. The van der Waals surface area contributed by atoms with E-state index in [0.29, 0.717) is 23.7 Å². The number of benzene rings is 1. The number of anilines is 2. The van der Waals surface area contributed by atoms with Gasteiger partial charge in [0.15, 0.2) is 0 Å². The Balaban J connectivity index is 1.61. The lowest BCUT2D eigenvalue weighted by Gasteiger charge is -2.07. The van der Waals surface area contributed by atoms with E-state index >= 15 is 0 Å². The number of amides is 1. The third-order valence-corrected chi connectivity index (χ3v) is 4.20. The van der Waals surface area contributed by atoms with Crippen LogP contribution in [-0.4, -0.2) is 15.9 Å². The molecule has 0 radical (unpaired) electrons. The average molecular weight is 387 g/mol. The zero-order valence-corrected chi connectivity index (χ0v) is 14.5. The Hall–Kier alpha value is -2.67. The van der Waals surface area contributed by atoms with Crippen molar-refractivity contribution in [2.75, 3.05) is 10.6 Å². The zero-order chi connectivity index (χ0) is 16.9. The van der Waals surface area contributed by atoms with Crippen molar-refractivity contribution in [2.45, 2.75) is 13.5 Å². The summed E-state index contributed by atoms with van der Waals surface area (Å²) in [7, 11) is 0. The maximum Gasteiger partial charge on any atom is 0.258 e. The second-order valence-electron chi connectivity index (χ2n) is 5.15. The highest BCUT2D eigenvalue weighted by Crippen LogP contribution is 2.21. The average Bonchev–Trinajstić information content (AvgIpc) is 3.10. The summed E-state index contributed by atoms with van der Waals surface area (Å²) in [5, 5.41) is 5.84. The fraction of sp³-hybridized carbons (Fsp3) is 0.118. The number of nitrogens with one attached hydrogen (secondary N) is 2. The first-order chi connectivity index (χ1) is 11.6. The van der Waals surface area contributed by atoms with Crippen LogP contribution in [0.5, 0.6) is 0 Å². The molecule has 0 aliphatic carbocycles. The maximum atomic E-state index is 12.2. The summed E-state index contributed by atoms with van der Waals surface area (Å²) in [6.07, 6.45) is 4.57. The summed E-state index contributed by atoms with van der Waals surface area (Å²) in [6, 6.07) is 9.30. The normalized spacial score (nSPS) is 10.4. The van der Waals surface area contributed by atoms with Gasteiger partial charge in [-0.05, 0) is 36.8 Å². The minimum absolute atomic E-state index is 0.261. The van der Waals surface area contributed by atoms with Gasteiger partial charge in [0.05, 0.1) is 18.4 Å². The van der Waals surface area contributed by atoms with Crippen LogP contribution in [0.4, 0.5) is 11.6 Å². The number of nitrogens with zero attached hydrogens (tertiary/aromatic N) is 2. The number of rotatable bonds is 5. The van der Waals surface area contributed by atoms with Gasteiger partial charge in [-0.3, -0.25) is 4.79 Å². The van der Waals surface area contributed by atoms with Crippen LogP contribution < -0.4 is 10.6 Å². The molecule has 122 valence electrons. The van der Waals surface area contributed by atoms with Gasteiger partial charge in [-0.1, -0.05) is 22.0 Å². The zero-order valence-electron chi connectivity index (χ0n) is 12.9. The van der Waals surface area contributed by atoms with Crippen molar-refractivity contribution < 1.29 is 9.21 Å². The van der Waals surface area contributed by atoms with Gasteiger partial charge < -0.3 is 15.1 Å². The lowest BCUT2D eigenvalue weighted by Crippen LogP contribution is -2.13. The summed E-state index contributed by atoms with van der Waals surface area (Å²) in [4.78, 5) is 20.5. The Morgan fingerprint density at radius 1 is 1.25 bits per heavy atom. The lowest BCUT2D eigenvalue weighted by atomic mass is 10.2. The third kappa shape index (κ3) is 3.99. The molecule has 0 fully saturated rings. The van der Waals surface area contributed by atoms with Gasteiger partial charge in [0, 0.05) is 22.6 Å². The molecule has 2 N–H and O–H groups in total. The highest BCUT2D eigenvalue weighted by atomic mass is 79.9. The molecule has 24 heavy (non-hydrogen) atoms. The first-order valence-electron chi connectivity index (χ1n) is 7.27. The summed E-state index contributed by atoms with van der Waals surface area (Å²) < 4.78 is 6.15. The molecular weight excluding hydrogens is 372 g/mol. The fourth-order valence-corrected chi connectivity index (χ4v) is 2.37. The van der Waals surface area contributed by atoms with E-state index in [-0.39, 0.29) is 5.91 Å². The second-order valence-corrected chi connectivity index (χ2v) is 6.00. The van der Waals surface area contributed by atoms with Crippen molar-refractivity contribution in [3.05, 3.63) is 70.3 Å². The highest BCUT2D eigenvalue weighted by molar-refractivity contribution is 9.10. The monoisotopic (exact) mass is 386 g/mol. The molecule has 0 saturated heterocycles. The number of carbonyl (C=O) groups excluding carboxylic acids is 1. The lowest BCUT2D eigenvalue weighted by molar-refractivity contribution is 0.102. The van der Waals surface area contributed by atoms with E-state index in [0.717, 1.165) is 15.8 Å². The van der Waals surface area contributed by atoms with Gasteiger partial charge in [0.25, 0.3) is 5.91 Å². The Morgan fingerprint density at radius 3 is 2.71 bits per heavy atom. The number of aryl methyl sites for hydroxylation is 1. The van der Waals surface area contributed by atoms with Crippen LogP contribution in [0.15, 0.2) is 57.9 Å². The van der Waals surface area contributed by atoms with E-state index in [9.17, 15) is 4.79 Å². The smallest absolute Gasteiger partial charge is 0.258 e. The summed E-state index contributed by atoms with van der Waals surface area (Å²) in [5.74, 6) is 0.953. The first kappa shape index (κ1) is 16.2. The molecule has 0 atom stereocenters. The predicted octanol–water partition coefficient (Wildman–Crippen LogP) is 4.00. The Morgan fingerprint density at radius 2 is 2.04 bits per heavy atom. The van der Waals surface area contributed by atoms with Crippen molar-refractivity contribution in [1.29, 1.82) is 0 Å². The molecule has 0 spiro atoms. The van der Waals surface area contributed by atoms with Crippen molar-refractivity contribution in [3.63, 3.8) is 0 Å². The molecule has 0 aliphatic rings. The number of hydrogen-bond acceptors (Lipinski definition) is 5. The molecule has 3 aromatic rings. The number of carbonyl (C=O) groups is 1. The number of hydrogen-bond donors (Lipinski definition) is 2. The van der Waals surface area contributed by atoms with E-state index < -0.39 is 0 Å². The van der Waals surface area contributed by atoms with Crippen LogP contribution in [0.25, 0.3) is 0 Å². The summed E-state index contributed by atoms with van der Waals surface area (Å²) >= 11 is 3.44. The Kier molecular flexibility index (Phi) is 4.90. The van der Waals surface area contributed by atoms with E-state index in [1.807, 2.05) is 37.3 Å². The van der Waals surface area contributed by atoms with E-state index in [1.54, 1.807) is 6.26 Å². The number of aromatic nitrogens is 2. The molecule has 0 bridgehead atoms. The molecule has 0 saturated carbocycles. The Bertz CT molecular complexity index is 832. The van der Waals surface area contributed by atoms with Gasteiger partial charge in [0.2, 0.25) is 5.95 Å². The molecule has 0 aliphatic heterocycles. The molecule has 1 amide bonds. The molecule has 0 unspecified atom stereocenters. The molecular formula is C17H15BrN4O2. The van der Waals surface area contributed by atoms with Crippen LogP contribution in [0, 0.1) is 6.92 Å². The second kappa shape index (κ2) is 7.27. The number of halogens is 1. The predicted molar refractivity (Wildman–Crippen MR) is 94.9 cm³/mol. The minimum Gasteiger partial charge on any atom is -0.467 e. The van der Waals surface area contributed by atoms with Crippen LogP contribution in [0.2, 0.25) is 0 Å². The van der Waals surface area contributed by atoms with Crippen molar-refractivity contribution in [2.24, 2.45) is 0 Å². The molecule has 2 aromatic heterocycles. The molecule has 6 nitrogen and oxygen atoms in total. The van der Waals surface area contributed by atoms with E-state index in [2.05, 4.69) is 36.5 Å². The summed E-state index contributed by atoms with van der Waals surface area (Å²) in [6.45, 7) is 2.47. The van der Waals surface area contributed by atoms with Crippen LogP contribution in [0.1, 0.15) is 21.7 Å². The minimum atomic E-state index is -0.261. The van der Waals surface area contributed by atoms with Gasteiger partial charge in [-0.15, -0.1) is 0 Å². The molecule has 3 rings (SSSR count). The van der Waals surface area contributed by atoms with E-state index in [1.165, 1.54) is 12.4 Å². The van der Waals surface area contributed by atoms with E-state index in [4.69, 9.17) is 4.42 Å². The standard InChI is InChI=1S/C17H15BrN4O2/c1-11-4-5-13(7-15(11)18)22-16(23)12-8-19-17(20-9-12)21-10-14-3-2-6-24-14/h2-9H,10H2,1H3,(H,22,23)(H,19,20,21). The van der Waals surface area contributed by atoms with Crippen molar-refractivity contribution in [3.8, 4) is 0 Å². The quantitative estimate of drug-likeness (QED) is 0.692. The third-order valence-electron chi connectivity index (χ3n) is 3.34. The van der Waals surface area contributed by atoms with Gasteiger partial charge in [-0.2, -0.15) is 0 Å². The molecule has 1 aromatic carbocycles. The van der Waals surface area contributed by atoms with Gasteiger partial charge >= 0.3 is 0 Å². The largest absolute Gasteiger partial charge is 0.467 e. The first-order valence-corrected chi connectivity index (χ1v) is 8.07. The fourth-order valence-electron chi connectivity index (χ4n) is 1.99. The SMILES string of the molecule is Cc1ccc(NC(=O)c2cnc(NCc3ccco3)nc2)cc1Br. The van der Waals surface area contributed by atoms with Crippen LogP contribution in [0.3, 0.4) is 0 Å². The topological polar surface area (TPSA) is 80.0 Å². The van der Waals surface area contributed by atoms with Crippen LogP contribution in [-0.2, 0) is 6.54 Å². The van der Waals surface area contributed by atoms with Gasteiger partial charge in [0.1, 0.15) is 5.76 Å². The highest BCUT2D eigenvalue weighted by Gasteiger charge is 2.09. The van der Waals surface area contributed by atoms with Crippen LogP contribution >= 0.6 is 15.9 Å². The summed E-state index contributed by atoms with van der Waals surface area (Å²) in [5.41, 5.74) is 2.19. The Labute approximate surface area is 147 Å². The van der Waals surface area contributed by atoms with Crippen molar-refractivity contribution >= 4 is 33.5 Å². The molecule has 2 heterocycles. The van der Waals surface area contributed by atoms with Gasteiger partial charge in [-0.25, -0.2) is 9.97 Å². The number of furan rings is 1. The molecule has 7 heteroatoms.